The van der Waals surface area contributed by atoms with Crippen molar-refractivity contribution < 1.29 is 23.1 Å². The Morgan fingerprint density at radius 3 is 2.15 bits per heavy atom. The summed E-state index contributed by atoms with van der Waals surface area (Å²) >= 11 is 0. The zero-order chi connectivity index (χ0) is 29.1. The number of benzene rings is 3. The molecular formula is C32H41N3O5S. The predicted molar refractivity (Wildman–Crippen MR) is 160 cm³/mol. The first-order chi connectivity index (χ1) is 19.9. The molecule has 0 unspecified atom stereocenters. The summed E-state index contributed by atoms with van der Waals surface area (Å²) in [6, 6.07) is 28.2. The minimum absolute atomic E-state index is 0.00809. The zero-order valence-electron chi connectivity index (χ0n) is 23.7. The largest absolute Gasteiger partial charge is 0.445 e. The molecule has 3 aromatic rings. The first kappa shape index (κ1) is 30.7. The maximum absolute atomic E-state index is 13.2. The van der Waals surface area contributed by atoms with Crippen molar-refractivity contribution in [3.8, 4) is 0 Å². The van der Waals surface area contributed by atoms with Crippen LogP contribution in [0.15, 0.2) is 95.9 Å². The molecule has 4 rings (SSSR count). The van der Waals surface area contributed by atoms with E-state index < -0.39 is 16.1 Å². The van der Waals surface area contributed by atoms with Crippen molar-refractivity contribution in [1.29, 1.82) is 0 Å². The van der Waals surface area contributed by atoms with E-state index in [9.17, 15) is 18.3 Å². The second kappa shape index (κ2) is 15.1. The molecule has 1 aliphatic rings. The molecule has 1 saturated heterocycles. The fourth-order valence-corrected chi connectivity index (χ4v) is 6.63. The number of ether oxygens (including phenoxy) is 1. The topological polar surface area (TPSA) is 90.4 Å². The Bertz CT molecular complexity index is 1300. The SMILES string of the molecule is CN(C[C@@H](CCN1CCC(N(CCO)C(=O)OCc2ccccc2)CC1)c1ccccc1)S(=O)(=O)c1ccccc1. The highest BCUT2D eigenvalue weighted by Gasteiger charge is 2.30. The molecule has 1 N–H and O–H groups in total. The lowest BCUT2D eigenvalue weighted by Crippen LogP contribution is -2.48. The van der Waals surface area contributed by atoms with Gasteiger partial charge in [-0.1, -0.05) is 78.9 Å². The molecule has 220 valence electrons. The Kier molecular flexibility index (Phi) is 11.3. The standard InChI is InChI=1S/C32H41N3O5S/c1-33(41(38,39)31-15-9-4-10-16-31)25-29(28-13-7-3-8-14-28)17-20-34-21-18-30(19-22-34)35(23-24-36)32(37)40-26-27-11-5-2-6-12-27/h2-16,29-30,36H,17-26H2,1H3/t29-/m1/s1. The van der Waals surface area contributed by atoms with Crippen LogP contribution in [0.5, 0.6) is 0 Å². The van der Waals surface area contributed by atoms with Crippen LogP contribution in [0.2, 0.25) is 0 Å². The number of piperidine rings is 1. The van der Waals surface area contributed by atoms with Gasteiger partial charge in [0, 0.05) is 39.3 Å². The second-order valence-electron chi connectivity index (χ2n) is 10.5. The number of hydrogen-bond acceptors (Lipinski definition) is 6. The predicted octanol–water partition coefficient (Wildman–Crippen LogP) is 4.58. The number of likely N-dealkylation sites (N-methyl/N-ethyl adjacent to an activating group) is 1. The van der Waals surface area contributed by atoms with E-state index in [-0.39, 0.29) is 31.7 Å². The van der Waals surface area contributed by atoms with Gasteiger partial charge in [0.2, 0.25) is 10.0 Å². The van der Waals surface area contributed by atoms with Crippen LogP contribution in [0.3, 0.4) is 0 Å². The van der Waals surface area contributed by atoms with Gasteiger partial charge in [-0.2, -0.15) is 0 Å². The number of rotatable bonds is 13. The molecule has 0 saturated carbocycles. The van der Waals surface area contributed by atoms with Gasteiger partial charge in [0.05, 0.1) is 11.5 Å². The molecule has 3 aromatic carbocycles. The van der Waals surface area contributed by atoms with Gasteiger partial charge in [0.1, 0.15) is 6.61 Å². The first-order valence-electron chi connectivity index (χ1n) is 14.3. The van der Waals surface area contributed by atoms with Crippen molar-refractivity contribution in [2.24, 2.45) is 0 Å². The summed E-state index contributed by atoms with van der Waals surface area (Å²) in [4.78, 5) is 17.2. The molecule has 0 aliphatic carbocycles. The summed E-state index contributed by atoms with van der Waals surface area (Å²) in [7, 11) is -1.94. The lowest BCUT2D eigenvalue weighted by atomic mass is 9.94. The van der Waals surface area contributed by atoms with Crippen molar-refractivity contribution in [3.05, 3.63) is 102 Å². The fourth-order valence-electron chi connectivity index (χ4n) is 5.40. The van der Waals surface area contributed by atoms with Crippen molar-refractivity contribution >= 4 is 16.1 Å². The molecule has 9 heteroatoms. The molecule has 0 spiro atoms. The van der Waals surface area contributed by atoms with Crippen molar-refractivity contribution in [2.75, 3.05) is 46.4 Å². The fraction of sp³-hybridized carbons (Fsp3) is 0.406. The third-order valence-electron chi connectivity index (χ3n) is 7.77. The number of carbonyl (C=O) groups excluding carboxylic acids is 1. The van der Waals surface area contributed by atoms with Crippen LogP contribution in [0.1, 0.15) is 36.3 Å². The Morgan fingerprint density at radius 2 is 1.54 bits per heavy atom. The summed E-state index contributed by atoms with van der Waals surface area (Å²) in [6.07, 6.45) is 1.99. The van der Waals surface area contributed by atoms with Crippen molar-refractivity contribution in [1.82, 2.24) is 14.1 Å². The van der Waals surface area contributed by atoms with Crippen LogP contribution in [-0.4, -0.2) is 86.1 Å². The Morgan fingerprint density at radius 1 is 0.951 bits per heavy atom. The van der Waals surface area contributed by atoms with Crippen LogP contribution in [-0.2, 0) is 21.4 Å². The smallest absolute Gasteiger partial charge is 0.410 e. The molecule has 0 bridgehead atoms. The molecule has 1 amide bonds. The van der Waals surface area contributed by atoms with E-state index in [0.29, 0.717) is 11.4 Å². The first-order valence-corrected chi connectivity index (χ1v) is 15.7. The molecule has 8 nitrogen and oxygen atoms in total. The molecule has 1 heterocycles. The van der Waals surface area contributed by atoms with E-state index in [4.69, 9.17) is 4.74 Å². The Balaban J connectivity index is 1.33. The van der Waals surface area contributed by atoms with Crippen LogP contribution in [0, 0.1) is 0 Å². The average molecular weight is 580 g/mol. The minimum atomic E-state index is -3.59. The second-order valence-corrected chi connectivity index (χ2v) is 12.6. The van der Waals surface area contributed by atoms with E-state index in [2.05, 4.69) is 17.0 Å². The number of aliphatic hydroxyl groups excluding tert-OH is 1. The molecule has 1 fully saturated rings. The van der Waals surface area contributed by atoms with Gasteiger partial charge < -0.3 is 19.6 Å². The molecule has 1 aliphatic heterocycles. The monoisotopic (exact) mass is 579 g/mol. The van der Waals surface area contributed by atoms with Gasteiger partial charge in [0.15, 0.2) is 0 Å². The van der Waals surface area contributed by atoms with Gasteiger partial charge >= 0.3 is 6.09 Å². The van der Waals surface area contributed by atoms with Gasteiger partial charge in [-0.25, -0.2) is 17.5 Å². The summed E-state index contributed by atoms with van der Waals surface area (Å²) in [5, 5.41) is 9.60. The zero-order valence-corrected chi connectivity index (χ0v) is 24.5. The lowest BCUT2D eigenvalue weighted by molar-refractivity contribution is 0.0521. The van der Waals surface area contributed by atoms with E-state index in [1.54, 1.807) is 36.2 Å². The number of likely N-dealkylation sites (tertiary alicyclic amines) is 1. The number of carbonyl (C=O) groups is 1. The van der Waals surface area contributed by atoms with Crippen molar-refractivity contribution in [2.45, 2.75) is 42.7 Å². The van der Waals surface area contributed by atoms with E-state index in [0.717, 1.165) is 50.0 Å². The van der Waals surface area contributed by atoms with E-state index in [1.165, 1.54) is 4.31 Å². The number of sulfonamides is 1. The highest BCUT2D eigenvalue weighted by atomic mass is 32.2. The molecule has 0 radical (unpaired) electrons. The molecule has 41 heavy (non-hydrogen) atoms. The highest BCUT2D eigenvalue weighted by molar-refractivity contribution is 7.89. The Labute approximate surface area is 244 Å². The maximum Gasteiger partial charge on any atom is 0.410 e. The molecule has 0 aromatic heterocycles. The summed E-state index contributed by atoms with van der Waals surface area (Å²) in [5.41, 5.74) is 2.04. The quantitative estimate of drug-likeness (QED) is 0.319. The highest BCUT2D eigenvalue weighted by Crippen LogP contribution is 2.26. The number of aliphatic hydroxyl groups is 1. The molecule has 1 atom stereocenters. The van der Waals surface area contributed by atoms with Crippen LogP contribution >= 0.6 is 0 Å². The van der Waals surface area contributed by atoms with Gasteiger partial charge in [-0.05, 0) is 55.0 Å². The van der Waals surface area contributed by atoms with Gasteiger partial charge in [0.25, 0.3) is 0 Å². The summed E-state index contributed by atoms with van der Waals surface area (Å²) in [5.74, 6) is 0.0382. The maximum atomic E-state index is 13.2. The minimum Gasteiger partial charge on any atom is -0.445 e. The third kappa shape index (κ3) is 8.63. The number of amides is 1. The van der Waals surface area contributed by atoms with E-state index >= 15 is 0 Å². The number of hydrogen-bond donors (Lipinski definition) is 1. The van der Waals surface area contributed by atoms with Crippen LogP contribution < -0.4 is 0 Å². The van der Waals surface area contributed by atoms with Crippen LogP contribution in [0.25, 0.3) is 0 Å². The summed E-state index contributed by atoms with van der Waals surface area (Å²) < 4.78 is 33.4. The third-order valence-corrected chi connectivity index (χ3v) is 9.61. The van der Waals surface area contributed by atoms with Gasteiger partial charge in [-0.15, -0.1) is 0 Å². The Hall–Kier alpha value is -3.24. The molecular weight excluding hydrogens is 538 g/mol. The number of nitrogens with zero attached hydrogens (tertiary/aromatic N) is 3. The summed E-state index contributed by atoms with van der Waals surface area (Å²) in [6.45, 7) is 3.18. The van der Waals surface area contributed by atoms with E-state index in [1.807, 2.05) is 54.6 Å². The van der Waals surface area contributed by atoms with Crippen molar-refractivity contribution in [3.63, 3.8) is 0 Å². The van der Waals surface area contributed by atoms with Gasteiger partial charge in [-0.3, -0.25) is 0 Å². The lowest BCUT2D eigenvalue weighted by Gasteiger charge is -2.38. The normalized spacial score (nSPS) is 15.5. The van der Waals surface area contributed by atoms with Crippen LogP contribution in [0.4, 0.5) is 4.79 Å². The average Bonchev–Trinajstić information content (AvgIpc) is 3.02.